The summed E-state index contributed by atoms with van der Waals surface area (Å²) in [6.45, 7) is 2.15. The lowest BCUT2D eigenvalue weighted by Gasteiger charge is -2.18. The average molecular weight is 1860 g/mol. The molecule has 30 aromatic rings. The number of hydrogen-bond acceptors (Lipinski definition) is 10. The van der Waals surface area contributed by atoms with Crippen molar-refractivity contribution in [1.82, 2.24) is 53.2 Å². The van der Waals surface area contributed by atoms with Gasteiger partial charge in [0.1, 0.15) is 22.9 Å². The zero-order chi connectivity index (χ0) is 95.7. The van der Waals surface area contributed by atoms with Crippen LogP contribution in [-0.2, 0) is 6.42 Å². The summed E-state index contributed by atoms with van der Waals surface area (Å²) in [7, 11) is 0. The molecule has 14 heteroatoms. The van der Waals surface area contributed by atoms with E-state index in [1.54, 1.807) is 12.4 Å². The van der Waals surface area contributed by atoms with Gasteiger partial charge in [-0.05, 0) is 188 Å². The molecule has 0 atom stereocenters. The lowest BCUT2D eigenvalue weighted by molar-refractivity contribution is 0.645. The molecule has 0 fully saturated rings. The standard InChI is InChI=1S/C49H30N2O.C44H27N5O.C38H26N4O/c1-3-15-31(16-4-1)43-35-19-7-9-21-37(35)44(38-22-10-8-20-36(38)43)32-27-29-34(30-28-32)51-42-26-14-12-24-40(42)46-45-39-23-11-13-25-41(39)50-47(48(45)52-49(46)51)33-17-5-2-6-18-33;1-2-12-29(13-3-1)42-43-40(32-14-4-6-16-34(32)48-42)41-33-15-5-7-19-39(33)49(44(41)50-43)31-22-20-28(21-23-31)30-26-37(35-17-8-10-24-45-35)47-38(27-30)36-18-9-11-25-46-36;1-2-33-39-30-17-9-11-19-32(30)41(33)25-20-22-26(23-21-25)42-31-18-10-7-15-28(31)35-34-27-14-6-8-16-29(27)40-36(37(34)43-38(35)42)24-12-4-3-5-13-24/h1-30H;1-27H;3-23H,2H2,1H3. The number of furan rings is 3. The average Bonchev–Trinajstić information content (AvgIpc) is 1.61. The zero-order valence-corrected chi connectivity index (χ0v) is 78.4. The second-order valence-corrected chi connectivity index (χ2v) is 36.6. The molecule has 0 amide bonds. The monoisotopic (exact) mass is 1860 g/mol. The molecule has 0 N–H and O–H groups in total. The number of aromatic nitrogens is 11. The lowest BCUT2D eigenvalue weighted by atomic mass is 9.86. The third kappa shape index (κ3) is 13.8. The van der Waals surface area contributed by atoms with Gasteiger partial charge in [-0.25, -0.2) is 24.9 Å². The molecule has 0 aliphatic carbocycles. The van der Waals surface area contributed by atoms with E-state index >= 15 is 0 Å². The first-order valence-electron chi connectivity index (χ1n) is 49.0. The maximum absolute atomic E-state index is 7.00. The Labute approximate surface area is 830 Å². The van der Waals surface area contributed by atoms with E-state index in [0.29, 0.717) is 0 Å². The van der Waals surface area contributed by atoms with E-state index in [2.05, 4.69) is 399 Å². The minimum atomic E-state index is 0.789. The van der Waals surface area contributed by atoms with Crippen LogP contribution in [0.1, 0.15) is 12.7 Å². The molecular weight excluding hydrogens is 1780 g/mol. The van der Waals surface area contributed by atoms with Gasteiger partial charge in [0.15, 0.2) is 16.7 Å². The quantitative estimate of drug-likeness (QED) is 0.102. The molecule has 0 radical (unpaired) electrons. The van der Waals surface area contributed by atoms with Crippen LogP contribution in [0.4, 0.5) is 0 Å². The summed E-state index contributed by atoms with van der Waals surface area (Å²) < 4.78 is 29.8. The molecule has 680 valence electrons. The number of nitrogens with zero attached hydrogens (tertiary/aromatic N) is 11. The van der Waals surface area contributed by atoms with E-state index < -0.39 is 0 Å². The van der Waals surface area contributed by atoms with Crippen molar-refractivity contribution in [2.24, 2.45) is 0 Å². The Hall–Kier alpha value is -19.6. The van der Waals surface area contributed by atoms with Crippen molar-refractivity contribution < 1.29 is 13.3 Å². The predicted octanol–water partition coefficient (Wildman–Crippen LogP) is 34.0. The van der Waals surface area contributed by atoms with Gasteiger partial charge in [0, 0.05) is 107 Å². The van der Waals surface area contributed by atoms with Gasteiger partial charge in [0.2, 0.25) is 17.1 Å². The number of imidazole rings is 1. The Morgan fingerprint density at radius 2 is 0.483 bits per heavy atom. The van der Waals surface area contributed by atoms with Crippen LogP contribution in [0.25, 0.3) is 277 Å². The Bertz CT molecular complexity index is 10200. The molecule has 0 bridgehead atoms. The first-order chi connectivity index (χ1) is 71.9. The smallest absolute Gasteiger partial charge is 0.213 e. The van der Waals surface area contributed by atoms with Gasteiger partial charge < -0.3 is 13.3 Å². The van der Waals surface area contributed by atoms with Crippen molar-refractivity contribution in [3.05, 3.63) is 479 Å². The minimum Gasteiger partial charge on any atom is -0.437 e. The summed E-state index contributed by atoms with van der Waals surface area (Å²) in [5.74, 6) is 1.05. The zero-order valence-electron chi connectivity index (χ0n) is 78.4. The van der Waals surface area contributed by atoms with Gasteiger partial charge in [-0.3, -0.25) is 28.2 Å². The van der Waals surface area contributed by atoms with Crippen molar-refractivity contribution in [1.29, 1.82) is 0 Å². The molecule has 17 aromatic carbocycles. The van der Waals surface area contributed by atoms with E-state index in [9.17, 15) is 0 Å². The third-order valence-corrected chi connectivity index (χ3v) is 28.4. The highest BCUT2D eigenvalue weighted by Gasteiger charge is 2.30. The van der Waals surface area contributed by atoms with Crippen LogP contribution < -0.4 is 0 Å². The molecule has 0 aliphatic rings. The largest absolute Gasteiger partial charge is 0.437 e. The fourth-order valence-electron chi connectivity index (χ4n) is 22.0. The van der Waals surface area contributed by atoms with E-state index in [1.807, 2.05) is 97.1 Å². The summed E-state index contributed by atoms with van der Waals surface area (Å²) >= 11 is 0. The van der Waals surface area contributed by atoms with Crippen molar-refractivity contribution in [2.75, 3.05) is 0 Å². The van der Waals surface area contributed by atoms with Gasteiger partial charge in [-0.1, -0.05) is 335 Å². The normalized spacial score (nSPS) is 11.8. The molecule has 145 heavy (non-hydrogen) atoms. The van der Waals surface area contributed by atoms with Crippen molar-refractivity contribution in [2.45, 2.75) is 13.3 Å². The maximum atomic E-state index is 7.00. The van der Waals surface area contributed by atoms with Gasteiger partial charge in [0.05, 0.1) is 83.1 Å². The topological polar surface area (TPSA) is 149 Å². The van der Waals surface area contributed by atoms with E-state index in [1.165, 1.54) is 43.8 Å². The highest BCUT2D eigenvalue weighted by atomic mass is 16.4. The van der Waals surface area contributed by atoms with Crippen LogP contribution in [-0.4, -0.2) is 53.2 Å². The molecule has 14 nitrogen and oxygen atoms in total. The summed E-state index contributed by atoms with van der Waals surface area (Å²) in [6.07, 6.45) is 4.44. The first kappa shape index (κ1) is 83.6. The van der Waals surface area contributed by atoms with Gasteiger partial charge in [0.25, 0.3) is 0 Å². The van der Waals surface area contributed by atoms with Crippen molar-refractivity contribution in [3.63, 3.8) is 0 Å². The molecule has 13 heterocycles. The highest BCUT2D eigenvalue weighted by molar-refractivity contribution is 6.32. The van der Waals surface area contributed by atoms with E-state index in [4.69, 9.17) is 38.2 Å². The predicted molar refractivity (Wildman–Crippen MR) is 593 cm³/mol. The van der Waals surface area contributed by atoms with Gasteiger partial charge in [-0.2, -0.15) is 0 Å². The van der Waals surface area contributed by atoms with E-state index in [-0.39, 0.29) is 0 Å². The Morgan fingerprint density at radius 3 is 0.834 bits per heavy atom. The second kappa shape index (κ2) is 34.5. The minimum absolute atomic E-state index is 0.789. The number of rotatable bonds is 13. The first-order valence-corrected chi connectivity index (χ1v) is 49.0. The van der Waals surface area contributed by atoms with Crippen molar-refractivity contribution in [3.8, 4) is 113 Å². The van der Waals surface area contributed by atoms with Crippen LogP contribution in [0.15, 0.2) is 487 Å². The van der Waals surface area contributed by atoms with Gasteiger partial charge in [-0.15, -0.1) is 0 Å². The van der Waals surface area contributed by atoms with Crippen LogP contribution in [0.2, 0.25) is 0 Å². The SMILES string of the molecule is CCc1nc2ccccc2n1-c1ccc(-n2c3ccccc3c3c4c(oc32)c(-c2ccccc2)nc2ccccc24)cc1.c1ccc(-c2c3ccccc3c(-c3ccc(-n4c5ccccc5c5c6c(oc54)c(-c4ccccc4)nc4ccccc46)cc3)c3ccccc23)cc1.c1ccc(-c2nc3ccccc3c3c2oc2c3c3ccccc3n2-c2ccc(-c3cc(-c4ccccn4)nc(-c4ccccn4)c3)cc2)cc1. The fourth-order valence-corrected chi connectivity index (χ4v) is 22.0. The number of para-hydroxylation sites is 8. The van der Waals surface area contributed by atoms with Crippen LogP contribution in [0.5, 0.6) is 0 Å². The molecular formula is C131H83N11O3. The number of fused-ring (bicyclic) bond motifs is 24. The maximum Gasteiger partial charge on any atom is 0.213 e. The van der Waals surface area contributed by atoms with Crippen LogP contribution in [0.3, 0.4) is 0 Å². The summed E-state index contributed by atoms with van der Waals surface area (Å²) in [5, 5.41) is 18.3. The summed E-state index contributed by atoms with van der Waals surface area (Å²) in [4.78, 5) is 34.4. The molecule has 0 aliphatic heterocycles. The molecule has 0 saturated heterocycles. The second-order valence-electron chi connectivity index (χ2n) is 36.6. The number of pyridine rings is 6. The number of aryl methyl sites for hydroxylation is 1. The van der Waals surface area contributed by atoms with Crippen molar-refractivity contribution >= 4 is 164 Å². The van der Waals surface area contributed by atoms with Gasteiger partial charge >= 0.3 is 0 Å². The third-order valence-electron chi connectivity index (χ3n) is 28.4. The van der Waals surface area contributed by atoms with Crippen LogP contribution in [0, 0.1) is 0 Å². The summed E-state index contributed by atoms with van der Waals surface area (Å²) in [6, 6.07) is 161. The van der Waals surface area contributed by atoms with E-state index in [0.717, 1.165) is 245 Å². The number of benzene rings is 17. The highest BCUT2D eigenvalue weighted by Crippen LogP contribution is 2.51. The lowest BCUT2D eigenvalue weighted by Crippen LogP contribution is -2.01. The summed E-state index contributed by atoms with van der Waals surface area (Å²) in [5.41, 5.74) is 33.2. The van der Waals surface area contributed by atoms with Crippen LogP contribution >= 0.6 is 0 Å². The molecule has 30 rings (SSSR count). The Morgan fingerprint density at radius 1 is 0.200 bits per heavy atom. The molecule has 0 unspecified atom stereocenters. The fraction of sp³-hybridized carbons (Fsp3) is 0.0153. The molecule has 0 spiro atoms. The molecule has 13 aromatic heterocycles. The number of hydrogen-bond donors (Lipinski definition) is 0. The molecule has 0 saturated carbocycles. The Balaban J connectivity index is 0.000000106. The Kier molecular flexibility index (Phi) is 19.9.